The van der Waals surface area contributed by atoms with Crippen molar-refractivity contribution >= 4 is 21.4 Å². The average Bonchev–Trinajstić information content (AvgIpc) is 2.33. The third kappa shape index (κ3) is 4.35. The molecule has 4 nitrogen and oxygen atoms in total. The molecule has 1 aromatic heterocycles. The van der Waals surface area contributed by atoms with Crippen LogP contribution in [0, 0.1) is 6.92 Å². The fourth-order valence-corrected chi connectivity index (χ4v) is 2.01. The van der Waals surface area contributed by atoms with Crippen LogP contribution in [0.25, 0.3) is 0 Å². The summed E-state index contributed by atoms with van der Waals surface area (Å²) in [4.78, 5) is 4.21. The van der Waals surface area contributed by atoms with Crippen molar-refractivity contribution in [3.8, 4) is 0 Å². The summed E-state index contributed by atoms with van der Waals surface area (Å²) in [6, 6.07) is 0. The first-order chi connectivity index (χ1) is 5.97. The molecular weight excluding hydrogens is 208 g/mol. The van der Waals surface area contributed by atoms with Crippen LogP contribution in [0.4, 0.5) is 0 Å². The van der Waals surface area contributed by atoms with Gasteiger partial charge in [0.05, 0.1) is 17.0 Å². The molecule has 0 aliphatic rings. The van der Waals surface area contributed by atoms with E-state index in [4.69, 9.17) is 0 Å². The second-order valence-corrected chi connectivity index (χ2v) is 5.67. The quantitative estimate of drug-likeness (QED) is 0.806. The molecule has 0 amide bonds. The largest absolute Gasteiger partial charge is 0.247 e. The van der Waals surface area contributed by atoms with Gasteiger partial charge in [0.25, 0.3) is 0 Å². The lowest BCUT2D eigenvalue weighted by molar-refractivity contribution is 0.587. The van der Waals surface area contributed by atoms with E-state index in [0.29, 0.717) is 13.0 Å². The number of thiazole rings is 1. The summed E-state index contributed by atoms with van der Waals surface area (Å²) in [5, 5.41) is 2.95. The molecule has 1 aromatic rings. The van der Waals surface area contributed by atoms with E-state index < -0.39 is 10.0 Å². The van der Waals surface area contributed by atoms with Crippen LogP contribution in [0.15, 0.2) is 5.38 Å². The molecule has 0 unspecified atom stereocenters. The van der Waals surface area contributed by atoms with Gasteiger partial charge in [0, 0.05) is 18.3 Å². The van der Waals surface area contributed by atoms with Crippen LogP contribution in [0.3, 0.4) is 0 Å². The van der Waals surface area contributed by atoms with E-state index >= 15 is 0 Å². The van der Waals surface area contributed by atoms with Crippen molar-refractivity contribution in [3.63, 3.8) is 0 Å². The molecule has 0 aliphatic heterocycles. The minimum Gasteiger partial charge on any atom is -0.247 e. The van der Waals surface area contributed by atoms with Gasteiger partial charge in [-0.1, -0.05) is 0 Å². The first kappa shape index (κ1) is 10.6. The lowest BCUT2D eigenvalue weighted by atomic mass is 10.3. The van der Waals surface area contributed by atoms with Crippen molar-refractivity contribution in [1.29, 1.82) is 0 Å². The molecule has 0 atom stereocenters. The van der Waals surface area contributed by atoms with Gasteiger partial charge in [-0.25, -0.2) is 18.1 Å². The second kappa shape index (κ2) is 4.17. The molecule has 1 N–H and O–H groups in total. The van der Waals surface area contributed by atoms with Gasteiger partial charge in [-0.05, 0) is 6.92 Å². The molecule has 6 heteroatoms. The van der Waals surface area contributed by atoms with E-state index in [1.54, 1.807) is 11.3 Å². The number of aryl methyl sites for hydroxylation is 1. The Morgan fingerprint density at radius 1 is 1.62 bits per heavy atom. The zero-order valence-electron chi connectivity index (χ0n) is 7.57. The van der Waals surface area contributed by atoms with Crippen LogP contribution in [0.1, 0.15) is 10.7 Å². The summed E-state index contributed by atoms with van der Waals surface area (Å²) < 4.78 is 23.8. The number of sulfonamides is 1. The SMILES string of the molecule is Cc1nc(CCNS(C)(=O)=O)cs1. The highest BCUT2D eigenvalue weighted by Crippen LogP contribution is 2.07. The van der Waals surface area contributed by atoms with Gasteiger partial charge >= 0.3 is 0 Å². The standard InChI is InChI=1S/C7H12N2O2S2/c1-6-9-7(5-12-6)3-4-8-13(2,10)11/h5,8H,3-4H2,1-2H3. The number of hydrogen-bond acceptors (Lipinski definition) is 4. The smallest absolute Gasteiger partial charge is 0.208 e. The maximum absolute atomic E-state index is 10.7. The van der Waals surface area contributed by atoms with E-state index in [2.05, 4.69) is 9.71 Å². The van der Waals surface area contributed by atoms with Crippen LogP contribution < -0.4 is 4.72 Å². The molecule has 74 valence electrons. The Labute approximate surface area is 82.1 Å². The molecule has 13 heavy (non-hydrogen) atoms. The Morgan fingerprint density at radius 3 is 2.77 bits per heavy atom. The first-order valence-electron chi connectivity index (χ1n) is 3.83. The number of aromatic nitrogens is 1. The fourth-order valence-electron chi connectivity index (χ4n) is 0.888. The molecule has 0 spiro atoms. The number of nitrogens with zero attached hydrogens (tertiary/aromatic N) is 1. The van der Waals surface area contributed by atoms with Crippen molar-refractivity contribution < 1.29 is 8.42 Å². The van der Waals surface area contributed by atoms with Gasteiger partial charge in [0.15, 0.2) is 0 Å². The Morgan fingerprint density at radius 2 is 2.31 bits per heavy atom. The summed E-state index contributed by atoms with van der Waals surface area (Å²) in [5.74, 6) is 0. The van der Waals surface area contributed by atoms with Gasteiger partial charge in [0.2, 0.25) is 10.0 Å². The third-order valence-corrected chi connectivity index (χ3v) is 2.96. The van der Waals surface area contributed by atoms with Crippen LogP contribution >= 0.6 is 11.3 Å². The number of hydrogen-bond donors (Lipinski definition) is 1. The van der Waals surface area contributed by atoms with E-state index in [0.717, 1.165) is 17.0 Å². The van der Waals surface area contributed by atoms with Crippen molar-refractivity contribution in [1.82, 2.24) is 9.71 Å². The molecule has 0 fully saturated rings. The molecule has 1 rings (SSSR count). The predicted molar refractivity (Wildman–Crippen MR) is 53.4 cm³/mol. The second-order valence-electron chi connectivity index (χ2n) is 2.77. The number of rotatable bonds is 4. The lowest BCUT2D eigenvalue weighted by Gasteiger charge is -1.98. The maximum atomic E-state index is 10.7. The maximum Gasteiger partial charge on any atom is 0.208 e. The van der Waals surface area contributed by atoms with Crippen molar-refractivity contribution in [2.24, 2.45) is 0 Å². The van der Waals surface area contributed by atoms with E-state index in [1.807, 2.05) is 12.3 Å². The molecule has 0 radical (unpaired) electrons. The predicted octanol–water partition coefficient (Wildman–Crippen LogP) is 0.543. The third-order valence-electron chi connectivity index (χ3n) is 1.41. The fraction of sp³-hybridized carbons (Fsp3) is 0.571. The van der Waals surface area contributed by atoms with Gasteiger partial charge in [-0.3, -0.25) is 0 Å². The topological polar surface area (TPSA) is 59.1 Å². The Balaban J connectivity index is 2.36. The van der Waals surface area contributed by atoms with E-state index in [-0.39, 0.29) is 0 Å². The van der Waals surface area contributed by atoms with Gasteiger partial charge in [-0.2, -0.15) is 0 Å². The van der Waals surface area contributed by atoms with E-state index in [1.165, 1.54) is 0 Å². The zero-order valence-corrected chi connectivity index (χ0v) is 9.20. The summed E-state index contributed by atoms with van der Waals surface area (Å²) >= 11 is 1.57. The summed E-state index contributed by atoms with van der Waals surface area (Å²) in [6.07, 6.45) is 1.80. The van der Waals surface area contributed by atoms with Gasteiger partial charge < -0.3 is 0 Å². The molecule has 0 saturated heterocycles. The van der Waals surface area contributed by atoms with E-state index in [9.17, 15) is 8.42 Å². The lowest BCUT2D eigenvalue weighted by Crippen LogP contribution is -2.24. The highest BCUT2D eigenvalue weighted by atomic mass is 32.2. The van der Waals surface area contributed by atoms with Crippen LogP contribution in [0.5, 0.6) is 0 Å². The van der Waals surface area contributed by atoms with Gasteiger partial charge in [-0.15, -0.1) is 11.3 Å². The first-order valence-corrected chi connectivity index (χ1v) is 6.60. The molecule has 0 aliphatic carbocycles. The monoisotopic (exact) mass is 220 g/mol. The molecule has 0 aromatic carbocycles. The highest BCUT2D eigenvalue weighted by Gasteiger charge is 2.01. The Bertz CT molecular complexity index is 370. The van der Waals surface area contributed by atoms with Crippen LogP contribution in [-0.4, -0.2) is 26.2 Å². The van der Waals surface area contributed by atoms with Crippen LogP contribution in [-0.2, 0) is 16.4 Å². The molecule has 1 heterocycles. The van der Waals surface area contributed by atoms with Gasteiger partial charge in [0.1, 0.15) is 0 Å². The van der Waals surface area contributed by atoms with Crippen molar-refractivity contribution in [2.45, 2.75) is 13.3 Å². The summed E-state index contributed by atoms with van der Waals surface area (Å²) in [5.41, 5.74) is 0.943. The number of nitrogens with one attached hydrogen (secondary N) is 1. The Kier molecular flexibility index (Phi) is 3.40. The molecule has 0 saturated carbocycles. The van der Waals surface area contributed by atoms with Crippen molar-refractivity contribution in [2.75, 3.05) is 12.8 Å². The molecular formula is C7H12N2O2S2. The molecule has 0 bridgehead atoms. The Hall–Kier alpha value is -0.460. The van der Waals surface area contributed by atoms with Crippen molar-refractivity contribution in [3.05, 3.63) is 16.1 Å². The van der Waals surface area contributed by atoms with Crippen LogP contribution in [0.2, 0.25) is 0 Å². The average molecular weight is 220 g/mol. The zero-order chi connectivity index (χ0) is 9.90. The minimum absolute atomic E-state index is 0.419. The highest BCUT2D eigenvalue weighted by molar-refractivity contribution is 7.88. The summed E-state index contributed by atoms with van der Waals surface area (Å²) in [7, 11) is -3.06. The summed E-state index contributed by atoms with van der Waals surface area (Å²) in [6.45, 7) is 2.35. The minimum atomic E-state index is -3.06. The normalized spacial score (nSPS) is 11.8.